The van der Waals surface area contributed by atoms with Crippen molar-refractivity contribution in [2.45, 2.75) is 12.8 Å². The third-order valence-corrected chi connectivity index (χ3v) is 5.67. The smallest absolute Gasteiger partial charge is 0.118 e. The molecule has 0 spiro atoms. The summed E-state index contributed by atoms with van der Waals surface area (Å²) in [6.45, 7) is 0. The first-order valence-corrected chi connectivity index (χ1v) is 10.0. The summed E-state index contributed by atoms with van der Waals surface area (Å²) in [4.78, 5) is 3.69. The standard InChI is InChI=1S/C27H23NO/c1-29-22-16-13-20(14-17-22)23-18-15-21(12-11-19-7-3-2-4-8-19)27-26(23)24-9-5-6-10-25(24)28-27/h2-10,13-18,28H,11-12H2,1H3. The molecular formula is C27H23NO. The maximum atomic E-state index is 5.33. The molecule has 29 heavy (non-hydrogen) atoms. The summed E-state index contributed by atoms with van der Waals surface area (Å²) in [5, 5.41) is 2.58. The van der Waals surface area contributed by atoms with Gasteiger partial charge >= 0.3 is 0 Å². The summed E-state index contributed by atoms with van der Waals surface area (Å²) in [7, 11) is 1.70. The molecule has 5 rings (SSSR count). The van der Waals surface area contributed by atoms with E-state index in [9.17, 15) is 0 Å². The molecule has 0 saturated heterocycles. The van der Waals surface area contributed by atoms with Gasteiger partial charge in [0.25, 0.3) is 0 Å². The molecule has 142 valence electrons. The number of aromatic nitrogens is 1. The second kappa shape index (κ2) is 7.48. The minimum Gasteiger partial charge on any atom is -0.497 e. The molecule has 0 aliphatic heterocycles. The number of hydrogen-bond acceptors (Lipinski definition) is 1. The van der Waals surface area contributed by atoms with Crippen molar-refractivity contribution >= 4 is 21.8 Å². The van der Waals surface area contributed by atoms with Crippen molar-refractivity contribution in [2.75, 3.05) is 7.11 Å². The molecule has 0 unspecified atom stereocenters. The lowest BCUT2D eigenvalue weighted by Crippen LogP contribution is -1.93. The molecule has 0 saturated carbocycles. The van der Waals surface area contributed by atoms with E-state index in [1.54, 1.807) is 7.11 Å². The van der Waals surface area contributed by atoms with Gasteiger partial charge in [-0.25, -0.2) is 0 Å². The van der Waals surface area contributed by atoms with Crippen molar-refractivity contribution in [3.05, 3.63) is 102 Å². The quantitative estimate of drug-likeness (QED) is 0.359. The molecule has 1 aromatic heterocycles. The molecule has 0 amide bonds. The second-order valence-electron chi connectivity index (χ2n) is 7.41. The molecule has 0 bridgehead atoms. The van der Waals surface area contributed by atoms with Gasteiger partial charge in [-0.2, -0.15) is 0 Å². The second-order valence-corrected chi connectivity index (χ2v) is 7.41. The van der Waals surface area contributed by atoms with E-state index in [1.165, 1.54) is 44.1 Å². The number of para-hydroxylation sites is 1. The van der Waals surface area contributed by atoms with Crippen LogP contribution in [0.2, 0.25) is 0 Å². The number of ether oxygens (including phenoxy) is 1. The predicted molar refractivity (Wildman–Crippen MR) is 122 cm³/mol. The summed E-state index contributed by atoms with van der Waals surface area (Å²) in [5.74, 6) is 0.878. The van der Waals surface area contributed by atoms with Crippen LogP contribution in [0.15, 0.2) is 91.0 Å². The summed E-state index contributed by atoms with van der Waals surface area (Å²) in [6.07, 6.45) is 2.05. The van der Waals surface area contributed by atoms with Crippen LogP contribution in [0.3, 0.4) is 0 Å². The Bertz CT molecular complexity index is 1270. The van der Waals surface area contributed by atoms with Crippen LogP contribution in [0.5, 0.6) is 5.75 Å². The average Bonchev–Trinajstić information content (AvgIpc) is 3.18. The first-order chi connectivity index (χ1) is 14.3. The third-order valence-electron chi connectivity index (χ3n) is 5.67. The van der Waals surface area contributed by atoms with Gasteiger partial charge in [0, 0.05) is 16.3 Å². The Balaban J connectivity index is 1.64. The van der Waals surface area contributed by atoms with Crippen LogP contribution < -0.4 is 4.74 Å². The van der Waals surface area contributed by atoms with Crippen molar-refractivity contribution in [3.8, 4) is 16.9 Å². The Kier molecular flexibility index (Phi) is 4.53. The molecular weight excluding hydrogens is 354 g/mol. The van der Waals surface area contributed by atoms with Gasteiger partial charge in [0.15, 0.2) is 0 Å². The topological polar surface area (TPSA) is 25.0 Å². The summed E-state index contributed by atoms with van der Waals surface area (Å²) in [5.41, 5.74) is 7.62. The van der Waals surface area contributed by atoms with Crippen LogP contribution in [0, 0.1) is 0 Å². The van der Waals surface area contributed by atoms with Crippen molar-refractivity contribution in [1.82, 2.24) is 4.98 Å². The van der Waals surface area contributed by atoms with Crippen molar-refractivity contribution in [3.63, 3.8) is 0 Å². The molecule has 5 aromatic rings. The number of aryl methyl sites for hydroxylation is 2. The van der Waals surface area contributed by atoms with E-state index < -0.39 is 0 Å². The number of H-pyrrole nitrogens is 1. The van der Waals surface area contributed by atoms with E-state index in [2.05, 4.69) is 83.8 Å². The van der Waals surface area contributed by atoms with Crippen molar-refractivity contribution in [1.29, 1.82) is 0 Å². The van der Waals surface area contributed by atoms with Gasteiger partial charge in [-0.15, -0.1) is 0 Å². The molecule has 0 atom stereocenters. The van der Waals surface area contributed by atoms with Crippen LogP contribution in [0.4, 0.5) is 0 Å². The number of methoxy groups -OCH3 is 1. The van der Waals surface area contributed by atoms with Gasteiger partial charge in [-0.1, -0.05) is 72.8 Å². The van der Waals surface area contributed by atoms with Crippen molar-refractivity contribution < 1.29 is 4.74 Å². The fraction of sp³-hybridized carbons (Fsp3) is 0.111. The van der Waals surface area contributed by atoms with E-state index in [-0.39, 0.29) is 0 Å². The Morgan fingerprint density at radius 1 is 0.724 bits per heavy atom. The molecule has 1 N–H and O–H groups in total. The van der Waals surface area contributed by atoms with Crippen LogP contribution in [0.1, 0.15) is 11.1 Å². The lowest BCUT2D eigenvalue weighted by Gasteiger charge is -2.10. The zero-order valence-corrected chi connectivity index (χ0v) is 16.5. The van der Waals surface area contributed by atoms with E-state index in [1.807, 2.05) is 12.1 Å². The van der Waals surface area contributed by atoms with E-state index in [0.717, 1.165) is 18.6 Å². The third kappa shape index (κ3) is 3.27. The van der Waals surface area contributed by atoms with Gasteiger partial charge in [-0.05, 0) is 53.3 Å². The first kappa shape index (κ1) is 17.6. The fourth-order valence-corrected chi connectivity index (χ4v) is 4.16. The zero-order valence-electron chi connectivity index (χ0n) is 16.5. The highest BCUT2D eigenvalue weighted by molar-refractivity contribution is 6.15. The highest BCUT2D eigenvalue weighted by Gasteiger charge is 2.14. The maximum absolute atomic E-state index is 5.33. The number of rotatable bonds is 5. The van der Waals surface area contributed by atoms with Gasteiger partial charge in [0.2, 0.25) is 0 Å². The molecule has 0 fully saturated rings. The largest absolute Gasteiger partial charge is 0.497 e. The summed E-state index contributed by atoms with van der Waals surface area (Å²) >= 11 is 0. The molecule has 2 nitrogen and oxygen atoms in total. The number of fused-ring (bicyclic) bond motifs is 3. The van der Waals surface area contributed by atoms with Gasteiger partial charge in [0.05, 0.1) is 12.6 Å². The van der Waals surface area contributed by atoms with Gasteiger partial charge in [-0.3, -0.25) is 0 Å². The van der Waals surface area contributed by atoms with Crippen LogP contribution in [-0.4, -0.2) is 12.1 Å². The Morgan fingerprint density at radius 3 is 2.28 bits per heavy atom. The Morgan fingerprint density at radius 2 is 1.48 bits per heavy atom. The number of aromatic amines is 1. The van der Waals surface area contributed by atoms with Crippen molar-refractivity contribution in [2.24, 2.45) is 0 Å². The molecule has 0 aliphatic carbocycles. The summed E-state index contributed by atoms with van der Waals surface area (Å²) < 4.78 is 5.33. The van der Waals surface area contributed by atoms with E-state index >= 15 is 0 Å². The molecule has 4 aromatic carbocycles. The van der Waals surface area contributed by atoms with Crippen LogP contribution in [-0.2, 0) is 12.8 Å². The normalized spacial score (nSPS) is 11.2. The predicted octanol–water partition coefficient (Wildman–Crippen LogP) is 6.78. The zero-order chi connectivity index (χ0) is 19.6. The highest BCUT2D eigenvalue weighted by Crippen LogP contribution is 2.37. The first-order valence-electron chi connectivity index (χ1n) is 10.0. The van der Waals surface area contributed by atoms with Gasteiger partial charge < -0.3 is 9.72 Å². The van der Waals surface area contributed by atoms with Crippen LogP contribution in [0.25, 0.3) is 32.9 Å². The van der Waals surface area contributed by atoms with Crippen LogP contribution >= 0.6 is 0 Å². The molecule has 2 heteroatoms. The van der Waals surface area contributed by atoms with E-state index in [4.69, 9.17) is 4.74 Å². The molecule has 0 aliphatic rings. The SMILES string of the molecule is COc1ccc(-c2ccc(CCc3ccccc3)c3[nH]c4ccccc4c23)cc1. The van der Waals surface area contributed by atoms with E-state index in [0.29, 0.717) is 0 Å². The minimum absolute atomic E-state index is 0.878. The lowest BCUT2D eigenvalue weighted by molar-refractivity contribution is 0.415. The molecule has 1 heterocycles. The summed E-state index contributed by atoms with van der Waals surface area (Å²) in [6, 6.07) is 32.2. The van der Waals surface area contributed by atoms with Gasteiger partial charge in [0.1, 0.15) is 5.75 Å². The fourth-order valence-electron chi connectivity index (χ4n) is 4.16. The highest BCUT2D eigenvalue weighted by atomic mass is 16.5. The monoisotopic (exact) mass is 377 g/mol. The number of nitrogens with one attached hydrogen (secondary N) is 1. The lowest BCUT2D eigenvalue weighted by atomic mass is 9.95. The number of hydrogen-bond donors (Lipinski definition) is 1. The molecule has 0 radical (unpaired) electrons. The Hall–Kier alpha value is -3.52. The number of benzene rings is 4. The average molecular weight is 377 g/mol. The maximum Gasteiger partial charge on any atom is 0.118 e. The minimum atomic E-state index is 0.878. The Labute approximate surface area is 170 Å².